The number of benzene rings is 1. The number of hydrogen-bond donors (Lipinski definition) is 1. The van der Waals surface area contributed by atoms with E-state index in [9.17, 15) is 19.3 Å². The van der Waals surface area contributed by atoms with Crippen LogP contribution in [0.15, 0.2) is 18.2 Å². The number of rotatable bonds is 4. The van der Waals surface area contributed by atoms with Crippen molar-refractivity contribution in [3.63, 3.8) is 0 Å². The van der Waals surface area contributed by atoms with Gasteiger partial charge in [0, 0.05) is 18.7 Å². The lowest BCUT2D eigenvalue weighted by Gasteiger charge is -2.15. The number of halogens is 1. The van der Waals surface area contributed by atoms with Crippen LogP contribution in [0.3, 0.4) is 0 Å². The third-order valence-corrected chi connectivity index (χ3v) is 2.76. The monoisotopic (exact) mass is 293 g/mol. The molecule has 1 amide bonds. The molecule has 0 unspecified atom stereocenters. The molecule has 0 radical (unpaired) electrons. The molecule has 0 aliphatic heterocycles. The van der Waals surface area contributed by atoms with Crippen LogP contribution in [-0.2, 0) is 6.54 Å². The van der Waals surface area contributed by atoms with E-state index in [0.717, 1.165) is 12.1 Å². The zero-order valence-corrected chi connectivity index (χ0v) is 11.3. The molecule has 0 saturated carbocycles. The maximum Gasteiger partial charge on any atom is 0.304 e. The van der Waals surface area contributed by atoms with Gasteiger partial charge in [-0.2, -0.15) is 9.49 Å². The van der Waals surface area contributed by atoms with Gasteiger partial charge in [-0.3, -0.25) is 20.0 Å². The van der Waals surface area contributed by atoms with Crippen molar-refractivity contribution in [1.82, 2.24) is 20.1 Å². The Morgan fingerprint density at radius 3 is 2.76 bits per heavy atom. The molecule has 21 heavy (non-hydrogen) atoms. The number of aryl methyl sites for hydroxylation is 1. The minimum Gasteiger partial charge on any atom is -0.334 e. The van der Waals surface area contributed by atoms with Gasteiger partial charge in [-0.1, -0.05) is 0 Å². The van der Waals surface area contributed by atoms with Crippen molar-refractivity contribution in [3.8, 4) is 0 Å². The van der Waals surface area contributed by atoms with Crippen molar-refractivity contribution in [3.05, 3.63) is 51.3 Å². The molecule has 0 spiro atoms. The van der Waals surface area contributed by atoms with E-state index < -0.39 is 22.3 Å². The average molecular weight is 293 g/mol. The van der Waals surface area contributed by atoms with Crippen LogP contribution < -0.4 is 0 Å². The van der Waals surface area contributed by atoms with E-state index in [1.807, 2.05) is 0 Å². The Kier molecular flexibility index (Phi) is 3.92. The molecule has 1 N–H and O–H groups in total. The number of aromatic amines is 1. The van der Waals surface area contributed by atoms with Crippen LogP contribution in [0.5, 0.6) is 0 Å². The standard InChI is InChI=1S/C12H12FN5O3/c1-7-14-11(16-15-7)6-17(2)12(19)8-3-4-10(18(20)21)9(13)5-8/h3-5H,6H2,1-2H3,(H,14,15,16). The summed E-state index contributed by atoms with van der Waals surface area (Å²) < 4.78 is 13.5. The highest BCUT2D eigenvalue weighted by Crippen LogP contribution is 2.19. The number of nitrogens with zero attached hydrogens (tertiary/aromatic N) is 4. The summed E-state index contributed by atoms with van der Waals surface area (Å²) in [5, 5.41) is 17.1. The molecule has 0 aliphatic carbocycles. The predicted molar refractivity (Wildman–Crippen MR) is 70.0 cm³/mol. The van der Waals surface area contributed by atoms with Crippen LogP contribution in [0.1, 0.15) is 22.0 Å². The Hall–Kier alpha value is -2.84. The molecule has 9 heteroatoms. The van der Waals surface area contributed by atoms with Gasteiger partial charge in [-0.15, -0.1) is 0 Å². The van der Waals surface area contributed by atoms with Gasteiger partial charge >= 0.3 is 5.69 Å². The lowest BCUT2D eigenvalue weighted by Crippen LogP contribution is -2.26. The predicted octanol–water partition coefficient (Wildman–Crippen LogP) is 1.43. The summed E-state index contributed by atoms with van der Waals surface area (Å²) in [6.45, 7) is 1.87. The van der Waals surface area contributed by atoms with Gasteiger partial charge in [-0.05, 0) is 19.1 Å². The Balaban J connectivity index is 2.15. The molecule has 1 aromatic carbocycles. The molecule has 1 aromatic heterocycles. The lowest BCUT2D eigenvalue weighted by molar-refractivity contribution is -0.387. The van der Waals surface area contributed by atoms with Crippen LogP contribution in [0.2, 0.25) is 0 Å². The zero-order valence-electron chi connectivity index (χ0n) is 11.3. The van der Waals surface area contributed by atoms with Gasteiger partial charge < -0.3 is 4.90 Å². The molecule has 8 nitrogen and oxygen atoms in total. The van der Waals surface area contributed by atoms with Crippen molar-refractivity contribution in [2.75, 3.05) is 7.05 Å². The van der Waals surface area contributed by atoms with Gasteiger partial charge in [0.1, 0.15) is 5.82 Å². The first kappa shape index (κ1) is 14.6. The first-order chi connectivity index (χ1) is 9.88. The summed E-state index contributed by atoms with van der Waals surface area (Å²) in [7, 11) is 1.51. The highest BCUT2D eigenvalue weighted by molar-refractivity contribution is 5.94. The molecule has 0 atom stereocenters. The molecule has 2 rings (SSSR count). The van der Waals surface area contributed by atoms with Crippen LogP contribution in [0.4, 0.5) is 10.1 Å². The Morgan fingerprint density at radius 2 is 2.24 bits per heavy atom. The molecule has 0 bridgehead atoms. The van der Waals surface area contributed by atoms with Crippen molar-refractivity contribution in [2.24, 2.45) is 0 Å². The van der Waals surface area contributed by atoms with E-state index in [0.29, 0.717) is 11.6 Å². The molecular formula is C12H12FN5O3. The number of nitro benzene ring substituents is 1. The second kappa shape index (κ2) is 5.65. The van der Waals surface area contributed by atoms with Crippen LogP contribution in [0, 0.1) is 22.9 Å². The highest BCUT2D eigenvalue weighted by atomic mass is 19.1. The van der Waals surface area contributed by atoms with Crippen molar-refractivity contribution < 1.29 is 14.1 Å². The van der Waals surface area contributed by atoms with Crippen molar-refractivity contribution >= 4 is 11.6 Å². The van der Waals surface area contributed by atoms with E-state index >= 15 is 0 Å². The topological polar surface area (TPSA) is 105 Å². The number of carbonyl (C=O) groups is 1. The summed E-state index contributed by atoms with van der Waals surface area (Å²) in [6.07, 6.45) is 0. The quantitative estimate of drug-likeness (QED) is 0.678. The van der Waals surface area contributed by atoms with E-state index in [2.05, 4.69) is 15.2 Å². The fraction of sp³-hybridized carbons (Fsp3) is 0.250. The Labute approximate surface area is 118 Å². The minimum atomic E-state index is -1.05. The number of nitro groups is 1. The number of aromatic nitrogens is 3. The zero-order chi connectivity index (χ0) is 15.6. The SMILES string of the molecule is Cc1nc(CN(C)C(=O)c2ccc([N+](=O)[O-])c(F)c2)n[nH]1. The molecule has 0 saturated heterocycles. The second-order valence-corrected chi connectivity index (χ2v) is 4.42. The Morgan fingerprint density at radius 1 is 1.52 bits per heavy atom. The van der Waals surface area contributed by atoms with Crippen LogP contribution in [-0.4, -0.2) is 38.0 Å². The first-order valence-corrected chi connectivity index (χ1v) is 5.95. The molecular weight excluding hydrogens is 281 g/mol. The van der Waals surface area contributed by atoms with Crippen molar-refractivity contribution in [2.45, 2.75) is 13.5 Å². The molecule has 0 aliphatic rings. The molecule has 2 aromatic rings. The van der Waals surface area contributed by atoms with Crippen molar-refractivity contribution in [1.29, 1.82) is 0 Å². The van der Waals surface area contributed by atoms with E-state index in [4.69, 9.17) is 0 Å². The summed E-state index contributed by atoms with van der Waals surface area (Å²) >= 11 is 0. The third kappa shape index (κ3) is 3.19. The number of H-pyrrole nitrogens is 1. The fourth-order valence-corrected chi connectivity index (χ4v) is 1.75. The maximum atomic E-state index is 13.5. The number of hydrogen-bond acceptors (Lipinski definition) is 5. The fourth-order valence-electron chi connectivity index (χ4n) is 1.75. The third-order valence-electron chi connectivity index (χ3n) is 2.76. The molecule has 110 valence electrons. The summed E-state index contributed by atoms with van der Waals surface area (Å²) in [5.74, 6) is -0.489. The smallest absolute Gasteiger partial charge is 0.304 e. The average Bonchev–Trinajstić information content (AvgIpc) is 2.82. The minimum absolute atomic E-state index is 0.0212. The van der Waals surface area contributed by atoms with Gasteiger partial charge in [0.15, 0.2) is 5.82 Å². The number of nitrogens with one attached hydrogen (secondary N) is 1. The first-order valence-electron chi connectivity index (χ1n) is 5.95. The molecule has 1 heterocycles. The van der Waals surface area contributed by atoms with E-state index in [1.54, 1.807) is 6.92 Å². The Bertz CT molecular complexity index is 700. The van der Waals surface area contributed by atoms with Gasteiger partial charge in [-0.25, -0.2) is 4.98 Å². The van der Waals surface area contributed by atoms with Crippen LogP contribution in [0.25, 0.3) is 0 Å². The van der Waals surface area contributed by atoms with Gasteiger partial charge in [0.05, 0.1) is 11.5 Å². The lowest BCUT2D eigenvalue weighted by atomic mass is 10.1. The van der Waals surface area contributed by atoms with Crippen LogP contribution >= 0.6 is 0 Å². The maximum absolute atomic E-state index is 13.5. The molecule has 0 fully saturated rings. The summed E-state index contributed by atoms with van der Waals surface area (Å²) in [5.41, 5.74) is -0.647. The number of amides is 1. The second-order valence-electron chi connectivity index (χ2n) is 4.42. The van der Waals surface area contributed by atoms with E-state index in [1.165, 1.54) is 18.0 Å². The van der Waals surface area contributed by atoms with Gasteiger partial charge in [0.25, 0.3) is 5.91 Å². The summed E-state index contributed by atoms with van der Waals surface area (Å²) in [4.78, 5) is 27.2. The number of carbonyl (C=O) groups excluding carboxylic acids is 1. The van der Waals surface area contributed by atoms with Gasteiger partial charge in [0.2, 0.25) is 5.82 Å². The summed E-state index contributed by atoms with van der Waals surface area (Å²) in [6, 6.07) is 3.02. The largest absolute Gasteiger partial charge is 0.334 e. The highest BCUT2D eigenvalue weighted by Gasteiger charge is 2.19. The van der Waals surface area contributed by atoms with E-state index in [-0.39, 0.29) is 12.1 Å². The normalized spacial score (nSPS) is 10.4.